The molecule has 2 rings (SSSR count). The monoisotopic (exact) mass is 274 g/mol. The molecule has 4 nitrogen and oxygen atoms in total. The summed E-state index contributed by atoms with van der Waals surface area (Å²) in [6.07, 6.45) is 0. The maximum atomic E-state index is 5.87. The van der Waals surface area contributed by atoms with Crippen molar-refractivity contribution in [3.05, 3.63) is 42.0 Å². The molecule has 106 valence electrons. The van der Waals surface area contributed by atoms with Crippen molar-refractivity contribution in [3.63, 3.8) is 0 Å². The highest BCUT2D eigenvalue weighted by Crippen LogP contribution is 2.43. The van der Waals surface area contributed by atoms with E-state index in [1.807, 2.05) is 31.2 Å². The standard InChI is InChI=1S/C16H18O4/c1-11-5-7-12(8-6-11)20-16-14(18-3)9-13(17-2)10-15(16)19-4/h5-10H,1-4H3. The third kappa shape index (κ3) is 2.96. The van der Waals surface area contributed by atoms with E-state index >= 15 is 0 Å². The first-order valence-electron chi connectivity index (χ1n) is 6.22. The molecular weight excluding hydrogens is 256 g/mol. The van der Waals surface area contributed by atoms with Crippen LogP contribution in [0.4, 0.5) is 0 Å². The van der Waals surface area contributed by atoms with Gasteiger partial charge < -0.3 is 18.9 Å². The molecule has 0 bridgehead atoms. The Morgan fingerprint density at radius 2 is 1.25 bits per heavy atom. The molecule has 2 aromatic rings. The van der Waals surface area contributed by atoms with Crippen molar-refractivity contribution in [3.8, 4) is 28.7 Å². The van der Waals surface area contributed by atoms with Crippen molar-refractivity contribution >= 4 is 0 Å². The van der Waals surface area contributed by atoms with Gasteiger partial charge in [-0.1, -0.05) is 17.7 Å². The van der Waals surface area contributed by atoms with Crippen LogP contribution in [0.15, 0.2) is 36.4 Å². The summed E-state index contributed by atoms with van der Waals surface area (Å²) < 4.78 is 21.8. The molecule has 0 spiro atoms. The SMILES string of the molecule is COc1cc(OC)c(Oc2ccc(C)cc2)c(OC)c1. The van der Waals surface area contributed by atoms with Crippen LogP contribution in [-0.2, 0) is 0 Å². The molecule has 20 heavy (non-hydrogen) atoms. The summed E-state index contributed by atoms with van der Waals surface area (Å²) in [5, 5.41) is 0. The van der Waals surface area contributed by atoms with E-state index in [2.05, 4.69) is 0 Å². The number of aryl methyl sites for hydroxylation is 1. The summed E-state index contributed by atoms with van der Waals surface area (Å²) in [6.45, 7) is 2.03. The van der Waals surface area contributed by atoms with Crippen LogP contribution >= 0.6 is 0 Å². The summed E-state index contributed by atoms with van der Waals surface area (Å²) in [5.41, 5.74) is 1.17. The molecule has 0 heterocycles. The average Bonchev–Trinajstić information content (AvgIpc) is 2.49. The Morgan fingerprint density at radius 3 is 1.70 bits per heavy atom. The van der Waals surface area contributed by atoms with Gasteiger partial charge in [0.1, 0.15) is 11.5 Å². The maximum absolute atomic E-state index is 5.87. The molecule has 0 saturated carbocycles. The van der Waals surface area contributed by atoms with Crippen molar-refractivity contribution in [2.45, 2.75) is 6.92 Å². The first-order valence-corrected chi connectivity index (χ1v) is 6.22. The lowest BCUT2D eigenvalue weighted by molar-refractivity contribution is 0.337. The van der Waals surface area contributed by atoms with Crippen LogP contribution in [0, 0.1) is 6.92 Å². The van der Waals surface area contributed by atoms with E-state index in [1.54, 1.807) is 33.5 Å². The van der Waals surface area contributed by atoms with E-state index in [-0.39, 0.29) is 0 Å². The summed E-state index contributed by atoms with van der Waals surface area (Å²) >= 11 is 0. The molecule has 0 N–H and O–H groups in total. The van der Waals surface area contributed by atoms with E-state index in [4.69, 9.17) is 18.9 Å². The van der Waals surface area contributed by atoms with Gasteiger partial charge in [-0.15, -0.1) is 0 Å². The molecule has 0 fully saturated rings. The van der Waals surface area contributed by atoms with Crippen LogP contribution in [0.2, 0.25) is 0 Å². The lowest BCUT2D eigenvalue weighted by Crippen LogP contribution is -1.96. The Kier molecular flexibility index (Phi) is 4.35. The fourth-order valence-electron chi connectivity index (χ4n) is 1.80. The van der Waals surface area contributed by atoms with Crippen molar-refractivity contribution < 1.29 is 18.9 Å². The van der Waals surface area contributed by atoms with E-state index in [0.29, 0.717) is 23.0 Å². The van der Waals surface area contributed by atoms with Crippen molar-refractivity contribution in [1.29, 1.82) is 0 Å². The molecule has 0 unspecified atom stereocenters. The van der Waals surface area contributed by atoms with Gasteiger partial charge >= 0.3 is 0 Å². The molecule has 0 aliphatic carbocycles. The molecule has 4 heteroatoms. The Morgan fingerprint density at radius 1 is 0.700 bits per heavy atom. The number of rotatable bonds is 5. The summed E-state index contributed by atoms with van der Waals surface area (Å²) in [7, 11) is 4.75. The van der Waals surface area contributed by atoms with Crippen LogP contribution in [-0.4, -0.2) is 21.3 Å². The Labute approximate surface area is 118 Å². The van der Waals surface area contributed by atoms with Gasteiger partial charge in [-0.05, 0) is 19.1 Å². The molecule has 0 radical (unpaired) electrons. The minimum atomic E-state index is 0.527. The van der Waals surface area contributed by atoms with E-state index in [1.165, 1.54) is 5.56 Å². The summed E-state index contributed by atoms with van der Waals surface area (Å²) in [6, 6.07) is 11.3. The van der Waals surface area contributed by atoms with Gasteiger partial charge in [0.15, 0.2) is 11.5 Å². The fraction of sp³-hybridized carbons (Fsp3) is 0.250. The second-order valence-electron chi connectivity index (χ2n) is 4.28. The van der Waals surface area contributed by atoms with Crippen molar-refractivity contribution in [2.75, 3.05) is 21.3 Å². The summed E-state index contributed by atoms with van der Waals surface area (Å²) in [5.74, 6) is 3.01. The van der Waals surface area contributed by atoms with Crippen molar-refractivity contribution in [1.82, 2.24) is 0 Å². The van der Waals surface area contributed by atoms with Gasteiger partial charge in [-0.2, -0.15) is 0 Å². The Hall–Kier alpha value is -2.36. The van der Waals surface area contributed by atoms with Crippen LogP contribution < -0.4 is 18.9 Å². The lowest BCUT2D eigenvalue weighted by Gasteiger charge is -2.15. The van der Waals surface area contributed by atoms with Gasteiger partial charge in [0.2, 0.25) is 5.75 Å². The van der Waals surface area contributed by atoms with Gasteiger partial charge in [0.05, 0.1) is 21.3 Å². The molecular formula is C16H18O4. The Bertz CT molecular complexity index is 551. The third-order valence-corrected chi connectivity index (χ3v) is 2.91. The van der Waals surface area contributed by atoms with Crippen LogP contribution in [0.1, 0.15) is 5.56 Å². The number of hydrogen-bond donors (Lipinski definition) is 0. The minimum Gasteiger partial charge on any atom is -0.496 e. The number of ether oxygens (including phenoxy) is 4. The normalized spacial score (nSPS) is 10.0. The third-order valence-electron chi connectivity index (χ3n) is 2.91. The van der Waals surface area contributed by atoms with Gasteiger partial charge in [0, 0.05) is 12.1 Å². The highest BCUT2D eigenvalue weighted by atomic mass is 16.5. The average molecular weight is 274 g/mol. The molecule has 0 saturated heterocycles. The molecule has 0 aromatic heterocycles. The van der Waals surface area contributed by atoms with Gasteiger partial charge in [-0.3, -0.25) is 0 Å². The quantitative estimate of drug-likeness (QED) is 0.830. The highest BCUT2D eigenvalue weighted by Gasteiger charge is 2.15. The zero-order valence-corrected chi connectivity index (χ0v) is 12.1. The number of benzene rings is 2. The second-order valence-corrected chi connectivity index (χ2v) is 4.28. The first kappa shape index (κ1) is 14.1. The highest BCUT2D eigenvalue weighted by molar-refractivity contribution is 5.57. The lowest BCUT2D eigenvalue weighted by atomic mass is 10.2. The predicted molar refractivity (Wildman–Crippen MR) is 77.4 cm³/mol. The summed E-state index contributed by atoms with van der Waals surface area (Å²) in [4.78, 5) is 0. The largest absolute Gasteiger partial charge is 0.496 e. The zero-order chi connectivity index (χ0) is 14.5. The fourth-order valence-corrected chi connectivity index (χ4v) is 1.80. The van der Waals surface area contributed by atoms with Gasteiger partial charge in [-0.25, -0.2) is 0 Å². The van der Waals surface area contributed by atoms with Crippen LogP contribution in [0.25, 0.3) is 0 Å². The molecule has 0 aliphatic rings. The predicted octanol–water partition coefficient (Wildman–Crippen LogP) is 3.81. The van der Waals surface area contributed by atoms with E-state index in [9.17, 15) is 0 Å². The number of methoxy groups -OCH3 is 3. The van der Waals surface area contributed by atoms with Crippen molar-refractivity contribution in [2.24, 2.45) is 0 Å². The molecule has 0 atom stereocenters. The topological polar surface area (TPSA) is 36.9 Å². The second kappa shape index (κ2) is 6.19. The molecule has 2 aromatic carbocycles. The van der Waals surface area contributed by atoms with E-state index < -0.39 is 0 Å². The van der Waals surface area contributed by atoms with Gasteiger partial charge in [0.25, 0.3) is 0 Å². The number of hydrogen-bond acceptors (Lipinski definition) is 4. The minimum absolute atomic E-state index is 0.527. The van der Waals surface area contributed by atoms with E-state index in [0.717, 1.165) is 5.75 Å². The first-order chi connectivity index (χ1) is 9.67. The zero-order valence-electron chi connectivity index (χ0n) is 12.1. The molecule has 0 amide bonds. The van der Waals surface area contributed by atoms with Crippen LogP contribution in [0.5, 0.6) is 28.7 Å². The maximum Gasteiger partial charge on any atom is 0.211 e. The molecule has 0 aliphatic heterocycles. The Balaban J connectivity index is 2.41. The van der Waals surface area contributed by atoms with Crippen LogP contribution in [0.3, 0.4) is 0 Å². The smallest absolute Gasteiger partial charge is 0.211 e.